The number of carboxylic acid groups (broad SMARTS) is 1. The van der Waals surface area contributed by atoms with E-state index >= 15 is 0 Å². The van der Waals surface area contributed by atoms with Crippen LogP contribution in [0.15, 0.2) is 0 Å². The standard InChI is InChI=1S/C15H29NO2/c1-5-14(4,13(17)18)12-16-10-8-15(6-2,7-3)9-11-16/h5-12H2,1-4H3,(H,17,18). The van der Waals surface area contributed by atoms with E-state index in [9.17, 15) is 9.90 Å². The van der Waals surface area contributed by atoms with Crippen molar-refractivity contribution in [3.8, 4) is 0 Å². The van der Waals surface area contributed by atoms with Gasteiger partial charge in [0.25, 0.3) is 0 Å². The third-order valence-corrected chi connectivity index (χ3v) is 5.29. The number of hydrogen-bond acceptors (Lipinski definition) is 2. The SMILES string of the molecule is CCC1(CC)CCN(CC(C)(CC)C(=O)O)CC1. The van der Waals surface area contributed by atoms with Crippen LogP contribution in [0, 0.1) is 10.8 Å². The second-order valence-corrected chi connectivity index (χ2v) is 6.20. The van der Waals surface area contributed by atoms with Crippen molar-refractivity contribution >= 4 is 5.97 Å². The van der Waals surface area contributed by atoms with Crippen LogP contribution in [0.1, 0.15) is 59.8 Å². The monoisotopic (exact) mass is 255 g/mol. The van der Waals surface area contributed by atoms with E-state index in [-0.39, 0.29) is 0 Å². The lowest BCUT2D eigenvalue weighted by Gasteiger charge is -2.43. The van der Waals surface area contributed by atoms with E-state index in [4.69, 9.17) is 0 Å². The van der Waals surface area contributed by atoms with E-state index in [0.717, 1.165) is 13.1 Å². The first-order valence-electron chi connectivity index (χ1n) is 7.37. The average molecular weight is 255 g/mol. The van der Waals surface area contributed by atoms with Gasteiger partial charge in [-0.15, -0.1) is 0 Å². The minimum atomic E-state index is -0.659. The molecule has 0 radical (unpaired) electrons. The van der Waals surface area contributed by atoms with Crippen LogP contribution in [0.3, 0.4) is 0 Å². The summed E-state index contributed by atoms with van der Waals surface area (Å²) < 4.78 is 0. The smallest absolute Gasteiger partial charge is 0.310 e. The van der Waals surface area contributed by atoms with Crippen LogP contribution in [0.25, 0.3) is 0 Å². The number of piperidine rings is 1. The summed E-state index contributed by atoms with van der Waals surface area (Å²) in [4.78, 5) is 13.7. The highest BCUT2D eigenvalue weighted by atomic mass is 16.4. The van der Waals surface area contributed by atoms with Crippen LogP contribution in [0.4, 0.5) is 0 Å². The van der Waals surface area contributed by atoms with Gasteiger partial charge in [0.15, 0.2) is 0 Å². The molecule has 106 valence electrons. The Morgan fingerprint density at radius 3 is 2.06 bits per heavy atom. The maximum Gasteiger partial charge on any atom is 0.310 e. The van der Waals surface area contributed by atoms with Crippen molar-refractivity contribution in [3.63, 3.8) is 0 Å². The number of nitrogens with zero attached hydrogens (tertiary/aromatic N) is 1. The zero-order valence-corrected chi connectivity index (χ0v) is 12.5. The Labute approximate surface area is 112 Å². The van der Waals surface area contributed by atoms with Gasteiger partial charge < -0.3 is 10.0 Å². The minimum Gasteiger partial charge on any atom is -0.481 e. The lowest BCUT2D eigenvalue weighted by molar-refractivity contribution is -0.149. The molecule has 18 heavy (non-hydrogen) atoms. The Hall–Kier alpha value is -0.570. The third-order valence-electron chi connectivity index (χ3n) is 5.29. The summed E-state index contributed by atoms with van der Waals surface area (Å²) >= 11 is 0. The Kier molecular flexibility index (Phi) is 5.20. The zero-order valence-electron chi connectivity index (χ0n) is 12.5. The van der Waals surface area contributed by atoms with Crippen molar-refractivity contribution in [1.82, 2.24) is 4.90 Å². The molecule has 1 fully saturated rings. The quantitative estimate of drug-likeness (QED) is 0.791. The maximum atomic E-state index is 11.3. The number of hydrogen-bond donors (Lipinski definition) is 1. The van der Waals surface area contributed by atoms with Crippen molar-refractivity contribution in [3.05, 3.63) is 0 Å². The van der Waals surface area contributed by atoms with Gasteiger partial charge >= 0.3 is 5.97 Å². The summed E-state index contributed by atoms with van der Waals surface area (Å²) in [5.41, 5.74) is -0.0687. The van der Waals surface area contributed by atoms with E-state index in [0.29, 0.717) is 18.4 Å². The number of aliphatic carboxylic acids is 1. The van der Waals surface area contributed by atoms with Crippen LogP contribution in [0.2, 0.25) is 0 Å². The highest BCUT2D eigenvalue weighted by molar-refractivity contribution is 5.74. The second-order valence-electron chi connectivity index (χ2n) is 6.20. The molecule has 1 heterocycles. The molecule has 0 amide bonds. The van der Waals surface area contributed by atoms with Crippen molar-refractivity contribution in [2.24, 2.45) is 10.8 Å². The first-order chi connectivity index (χ1) is 8.41. The molecule has 0 saturated carbocycles. The fourth-order valence-electron chi connectivity index (χ4n) is 2.97. The third kappa shape index (κ3) is 3.25. The molecule has 0 aromatic carbocycles. The van der Waals surface area contributed by atoms with Crippen molar-refractivity contribution in [2.45, 2.75) is 59.8 Å². The Morgan fingerprint density at radius 1 is 1.22 bits per heavy atom. The van der Waals surface area contributed by atoms with Crippen molar-refractivity contribution < 1.29 is 9.90 Å². The molecular formula is C15H29NO2. The zero-order chi connectivity index (χ0) is 13.8. The number of likely N-dealkylation sites (tertiary alicyclic amines) is 1. The predicted molar refractivity (Wildman–Crippen MR) is 74.7 cm³/mol. The largest absolute Gasteiger partial charge is 0.481 e. The highest BCUT2D eigenvalue weighted by Crippen LogP contribution is 2.38. The van der Waals surface area contributed by atoms with E-state index in [1.807, 2.05) is 13.8 Å². The summed E-state index contributed by atoms with van der Waals surface area (Å²) in [6.45, 7) is 11.2. The molecule has 1 unspecified atom stereocenters. The van der Waals surface area contributed by atoms with Gasteiger partial charge in [-0.1, -0.05) is 33.6 Å². The fourth-order valence-corrected chi connectivity index (χ4v) is 2.97. The van der Waals surface area contributed by atoms with Gasteiger partial charge in [-0.25, -0.2) is 0 Å². The number of carbonyl (C=O) groups is 1. The predicted octanol–water partition coefficient (Wildman–Crippen LogP) is 3.39. The number of rotatable bonds is 6. The van der Waals surface area contributed by atoms with Gasteiger partial charge in [0.05, 0.1) is 5.41 Å². The van der Waals surface area contributed by atoms with Gasteiger partial charge in [0.1, 0.15) is 0 Å². The van der Waals surface area contributed by atoms with E-state index in [2.05, 4.69) is 18.7 Å². The first-order valence-corrected chi connectivity index (χ1v) is 7.37. The van der Waals surface area contributed by atoms with E-state index in [1.54, 1.807) is 0 Å². The van der Waals surface area contributed by atoms with Gasteiger partial charge in [-0.3, -0.25) is 4.79 Å². The summed E-state index contributed by atoms with van der Waals surface area (Å²) in [7, 11) is 0. The average Bonchev–Trinajstić information content (AvgIpc) is 2.39. The van der Waals surface area contributed by atoms with Crippen molar-refractivity contribution in [2.75, 3.05) is 19.6 Å². The lowest BCUT2D eigenvalue weighted by atomic mass is 9.73. The summed E-state index contributed by atoms with van der Waals surface area (Å²) in [6, 6.07) is 0. The molecule has 1 aliphatic heterocycles. The Balaban J connectivity index is 2.56. The molecule has 0 bridgehead atoms. The molecule has 3 heteroatoms. The van der Waals surface area contributed by atoms with Crippen LogP contribution >= 0.6 is 0 Å². The molecule has 1 saturated heterocycles. The van der Waals surface area contributed by atoms with Gasteiger partial charge in [0, 0.05) is 6.54 Å². The Bertz CT molecular complexity index is 276. The van der Waals surface area contributed by atoms with Gasteiger partial charge in [-0.05, 0) is 44.7 Å². The molecule has 1 atom stereocenters. The van der Waals surface area contributed by atoms with Gasteiger partial charge in [0.2, 0.25) is 0 Å². The van der Waals surface area contributed by atoms with Crippen molar-refractivity contribution in [1.29, 1.82) is 0 Å². The lowest BCUT2D eigenvalue weighted by Crippen LogP contribution is -2.46. The van der Waals surface area contributed by atoms with Crippen LogP contribution in [0.5, 0.6) is 0 Å². The van der Waals surface area contributed by atoms with Gasteiger partial charge in [-0.2, -0.15) is 0 Å². The van der Waals surface area contributed by atoms with E-state index < -0.39 is 11.4 Å². The van der Waals surface area contributed by atoms with Crippen LogP contribution in [-0.4, -0.2) is 35.6 Å². The molecule has 1 aliphatic rings. The molecule has 3 nitrogen and oxygen atoms in total. The Morgan fingerprint density at radius 2 is 1.72 bits per heavy atom. The number of carboxylic acids is 1. The summed E-state index contributed by atoms with van der Waals surface area (Å²) in [5, 5.41) is 9.33. The first kappa shape index (κ1) is 15.5. The maximum absolute atomic E-state index is 11.3. The molecule has 0 spiro atoms. The molecule has 1 N–H and O–H groups in total. The van der Waals surface area contributed by atoms with E-state index in [1.165, 1.54) is 25.7 Å². The molecule has 0 aromatic heterocycles. The molecular weight excluding hydrogens is 226 g/mol. The minimum absolute atomic E-state index is 0.516. The molecule has 1 rings (SSSR count). The van der Waals surface area contributed by atoms with Crippen LogP contribution in [-0.2, 0) is 4.79 Å². The summed E-state index contributed by atoms with van der Waals surface area (Å²) in [5.74, 6) is -0.659. The fraction of sp³-hybridized carbons (Fsp3) is 0.933. The topological polar surface area (TPSA) is 40.5 Å². The summed E-state index contributed by atoms with van der Waals surface area (Å²) in [6.07, 6.45) is 5.65. The molecule has 0 aliphatic carbocycles. The van der Waals surface area contributed by atoms with Crippen LogP contribution < -0.4 is 0 Å². The molecule has 0 aromatic rings. The highest BCUT2D eigenvalue weighted by Gasteiger charge is 2.37. The normalized spacial score (nSPS) is 23.6. The second kappa shape index (κ2) is 6.05.